The molecule has 1 heterocycles. The van der Waals surface area contributed by atoms with Crippen molar-refractivity contribution in [3.05, 3.63) is 11.8 Å². The number of hydrogen-bond donors (Lipinski definition) is 1. The Bertz CT molecular complexity index is 426. The van der Waals surface area contributed by atoms with Gasteiger partial charge in [0.05, 0.1) is 5.69 Å². The molecule has 2 N–H and O–H groups in total. The molecule has 2 rings (SSSR count). The number of nitrogens with zero attached hydrogens (tertiary/aromatic N) is 2. The fraction of sp³-hybridized carbons (Fsp3) is 0.545. The Hall–Kier alpha value is -1.65. The number of nitrogen functional groups attached to an aromatic ring is 1. The van der Waals surface area contributed by atoms with Gasteiger partial charge in [-0.2, -0.15) is 9.78 Å². The number of carbonyl (C=O) groups is 2. The lowest BCUT2D eigenvalue weighted by Crippen LogP contribution is -2.28. The van der Waals surface area contributed by atoms with Crippen LogP contribution in [0.15, 0.2) is 6.07 Å². The molecule has 0 radical (unpaired) electrons. The summed E-state index contributed by atoms with van der Waals surface area (Å²) in [5.41, 5.74) is 6.42. The van der Waals surface area contributed by atoms with Crippen LogP contribution in [0.1, 0.15) is 36.2 Å². The predicted molar refractivity (Wildman–Crippen MR) is 59.0 cm³/mol. The van der Waals surface area contributed by atoms with Crippen molar-refractivity contribution in [1.82, 2.24) is 9.78 Å². The molecule has 0 amide bonds. The number of Topliss-reactive ketones (excluding diaryl/α,β-unsaturated/α-hetero) is 1. The van der Waals surface area contributed by atoms with Crippen LogP contribution in [0, 0.1) is 12.8 Å². The van der Waals surface area contributed by atoms with Gasteiger partial charge in [-0.1, -0.05) is 0 Å². The first-order valence-corrected chi connectivity index (χ1v) is 5.46. The van der Waals surface area contributed by atoms with E-state index in [0.29, 0.717) is 31.5 Å². The predicted octanol–water partition coefficient (Wildman–Crippen LogP) is 1.17. The van der Waals surface area contributed by atoms with Crippen LogP contribution in [0.25, 0.3) is 0 Å². The van der Waals surface area contributed by atoms with E-state index in [2.05, 4.69) is 5.10 Å². The van der Waals surface area contributed by atoms with Gasteiger partial charge in [0.1, 0.15) is 11.6 Å². The maximum Gasteiger partial charge on any atom is 0.251 e. The van der Waals surface area contributed by atoms with Gasteiger partial charge < -0.3 is 5.73 Å². The molecule has 0 atom stereocenters. The van der Waals surface area contributed by atoms with Crippen LogP contribution in [0.3, 0.4) is 0 Å². The Labute approximate surface area is 93.6 Å². The molecule has 0 aromatic carbocycles. The summed E-state index contributed by atoms with van der Waals surface area (Å²) in [5, 5.41) is 4.06. The Balaban J connectivity index is 2.13. The highest BCUT2D eigenvalue weighted by Gasteiger charge is 2.27. The Morgan fingerprint density at radius 3 is 2.62 bits per heavy atom. The van der Waals surface area contributed by atoms with Gasteiger partial charge in [0.2, 0.25) is 0 Å². The van der Waals surface area contributed by atoms with Crippen LogP contribution < -0.4 is 5.73 Å². The summed E-state index contributed by atoms with van der Waals surface area (Å²) in [4.78, 5) is 23.1. The number of ketones is 1. The molecular weight excluding hydrogens is 206 g/mol. The van der Waals surface area contributed by atoms with Crippen LogP contribution in [-0.4, -0.2) is 21.5 Å². The zero-order valence-corrected chi connectivity index (χ0v) is 9.27. The molecule has 1 saturated carbocycles. The molecule has 0 saturated heterocycles. The first-order valence-electron chi connectivity index (χ1n) is 5.46. The van der Waals surface area contributed by atoms with Crippen LogP contribution in [-0.2, 0) is 4.79 Å². The van der Waals surface area contributed by atoms with Crippen molar-refractivity contribution < 1.29 is 9.59 Å². The Morgan fingerprint density at radius 1 is 1.50 bits per heavy atom. The SMILES string of the molecule is Cc1cc(N)n(C(=O)C2CCC(=O)CC2)n1. The van der Waals surface area contributed by atoms with Gasteiger partial charge in [-0.05, 0) is 19.8 Å². The first-order chi connectivity index (χ1) is 7.58. The van der Waals surface area contributed by atoms with Gasteiger partial charge in [-0.25, -0.2) is 0 Å². The third-order valence-electron chi connectivity index (χ3n) is 2.96. The lowest BCUT2D eigenvalue weighted by Gasteiger charge is -2.19. The van der Waals surface area contributed by atoms with E-state index >= 15 is 0 Å². The van der Waals surface area contributed by atoms with Crippen LogP contribution in [0.2, 0.25) is 0 Å². The highest BCUT2D eigenvalue weighted by atomic mass is 16.2. The van der Waals surface area contributed by atoms with Crippen LogP contribution in [0.4, 0.5) is 5.82 Å². The van der Waals surface area contributed by atoms with E-state index in [-0.39, 0.29) is 17.6 Å². The lowest BCUT2D eigenvalue weighted by molar-refractivity contribution is -0.120. The number of hydrogen-bond acceptors (Lipinski definition) is 4. The van der Waals surface area contributed by atoms with E-state index in [1.165, 1.54) is 4.68 Å². The van der Waals surface area contributed by atoms with Crippen molar-refractivity contribution in [1.29, 1.82) is 0 Å². The molecule has 1 fully saturated rings. The van der Waals surface area contributed by atoms with E-state index in [4.69, 9.17) is 5.73 Å². The maximum atomic E-state index is 12.0. The molecule has 1 aromatic rings. The molecular formula is C11H15N3O2. The standard InChI is InChI=1S/C11H15N3O2/c1-7-6-10(12)14(13-7)11(16)8-2-4-9(15)5-3-8/h6,8H,2-5,12H2,1H3. The topological polar surface area (TPSA) is 78.0 Å². The zero-order chi connectivity index (χ0) is 11.7. The summed E-state index contributed by atoms with van der Waals surface area (Å²) in [6.07, 6.45) is 2.24. The van der Waals surface area contributed by atoms with Crippen molar-refractivity contribution in [3.63, 3.8) is 0 Å². The first kappa shape index (κ1) is 10.9. The van der Waals surface area contributed by atoms with E-state index in [1.807, 2.05) is 0 Å². The van der Waals surface area contributed by atoms with E-state index in [9.17, 15) is 9.59 Å². The third kappa shape index (κ3) is 1.98. The fourth-order valence-electron chi connectivity index (χ4n) is 2.06. The van der Waals surface area contributed by atoms with Crippen molar-refractivity contribution in [3.8, 4) is 0 Å². The number of nitrogens with two attached hydrogens (primary N) is 1. The second-order valence-electron chi connectivity index (χ2n) is 4.27. The summed E-state index contributed by atoms with van der Waals surface area (Å²) < 4.78 is 1.26. The molecule has 5 nitrogen and oxygen atoms in total. The summed E-state index contributed by atoms with van der Waals surface area (Å²) in [6.45, 7) is 1.80. The Morgan fingerprint density at radius 2 is 2.12 bits per heavy atom. The zero-order valence-electron chi connectivity index (χ0n) is 9.27. The Kier molecular flexibility index (Phi) is 2.77. The number of carbonyl (C=O) groups excluding carboxylic acids is 2. The highest BCUT2D eigenvalue weighted by Crippen LogP contribution is 2.23. The number of aryl methyl sites for hydroxylation is 1. The minimum absolute atomic E-state index is 0.0851. The quantitative estimate of drug-likeness (QED) is 0.772. The van der Waals surface area contributed by atoms with Crippen molar-refractivity contribution in [2.24, 2.45) is 5.92 Å². The second kappa shape index (κ2) is 4.08. The smallest absolute Gasteiger partial charge is 0.251 e. The summed E-state index contributed by atoms with van der Waals surface area (Å²) >= 11 is 0. The van der Waals surface area contributed by atoms with E-state index in [0.717, 1.165) is 5.69 Å². The van der Waals surface area contributed by atoms with Gasteiger partial charge in [-0.3, -0.25) is 9.59 Å². The molecule has 16 heavy (non-hydrogen) atoms. The van der Waals surface area contributed by atoms with Gasteiger partial charge in [0, 0.05) is 24.8 Å². The number of anilines is 1. The van der Waals surface area contributed by atoms with Crippen molar-refractivity contribution in [2.75, 3.05) is 5.73 Å². The summed E-state index contributed by atoms with van der Waals surface area (Å²) in [6, 6.07) is 1.67. The van der Waals surface area contributed by atoms with E-state index < -0.39 is 0 Å². The monoisotopic (exact) mass is 221 g/mol. The molecule has 1 aromatic heterocycles. The molecule has 1 aliphatic carbocycles. The second-order valence-corrected chi connectivity index (χ2v) is 4.27. The van der Waals surface area contributed by atoms with Gasteiger partial charge in [0.15, 0.2) is 0 Å². The lowest BCUT2D eigenvalue weighted by atomic mass is 9.88. The molecule has 0 spiro atoms. The van der Waals surface area contributed by atoms with Crippen LogP contribution >= 0.6 is 0 Å². The van der Waals surface area contributed by atoms with Gasteiger partial charge >= 0.3 is 0 Å². The maximum absolute atomic E-state index is 12.0. The van der Waals surface area contributed by atoms with Crippen LogP contribution in [0.5, 0.6) is 0 Å². The number of aromatic nitrogens is 2. The average molecular weight is 221 g/mol. The minimum atomic E-state index is -0.112. The molecule has 86 valence electrons. The van der Waals surface area contributed by atoms with Gasteiger partial charge in [-0.15, -0.1) is 0 Å². The highest BCUT2D eigenvalue weighted by molar-refractivity contribution is 5.87. The van der Waals surface area contributed by atoms with Gasteiger partial charge in [0.25, 0.3) is 5.91 Å². The van der Waals surface area contributed by atoms with E-state index in [1.54, 1.807) is 13.0 Å². The number of rotatable bonds is 1. The molecule has 5 heteroatoms. The fourth-order valence-corrected chi connectivity index (χ4v) is 2.06. The third-order valence-corrected chi connectivity index (χ3v) is 2.96. The molecule has 0 aliphatic heterocycles. The minimum Gasteiger partial charge on any atom is -0.383 e. The van der Waals surface area contributed by atoms with Crippen molar-refractivity contribution >= 4 is 17.5 Å². The largest absolute Gasteiger partial charge is 0.383 e. The molecule has 0 unspecified atom stereocenters. The molecule has 1 aliphatic rings. The molecule has 0 bridgehead atoms. The average Bonchev–Trinajstić information content (AvgIpc) is 2.58. The van der Waals surface area contributed by atoms with Crippen molar-refractivity contribution in [2.45, 2.75) is 32.6 Å². The summed E-state index contributed by atoms with van der Waals surface area (Å²) in [5.74, 6) is 0.422. The summed E-state index contributed by atoms with van der Waals surface area (Å²) in [7, 11) is 0. The normalized spacial score (nSPS) is 17.7.